The van der Waals surface area contributed by atoms with Gasteiger partial charge in [-0.25, -0.2) is 0 Å². The lowest BCUT2D eigenvalue weighted by Crippen LogP contribution is -2.47. The van der Waals surface area contributed by atoms with E-state index in [0.717, 1.165) is 62.8 Å². The minimum Gasteiger partial charge on any atom is -0.494 e. The summed E-state index contributed by atoms with van der Waals surface area (Å²) in [5.41, 5.74) is 0.723. The third-order valence-corrected chi connectivity index (χ3v) is 7.56. The molecule has 3 N–H and O–H groups in total. The van der Waals surface area contributed by atoms with Crippen molar-refractivity contribution in [3.05, 3.63) is 29.8 Å². The summed E-state index contributed by atoms with van der Waals surface area (Å²) in [6.07, 6.45) is 9.43. The van der Waals surface area contributed by atoms with Crippen molar-refractivity contribution in [1.29, 1.82) is 0 Å². The zero-order valence-electron chi connectivity index (χ0n) is 22.0. The van der Waals surface area contributed by atoms with Crippen LogP contribution in [0.1, 0.15) is 95.6 Å². The van der Waals surface area contributed by atoms with Gasteiger partial charge in [0.25, 0.3) is 0 Å². The standard InChI is InChI=1S/C29H46N2O5/c1-2-3-19-36-25-15-13-23(14-16-25)29(35)26(21-31-18-17-24(32)20-31)30-28(34)12-8-7-11-27(33)22-9-5-4-6-10-22/h13-16,22,24,26,29,32,35H,2-12,17-21H2,1H3,(H,30,34)/t24-,26+,29+/m0/s1. The number of nitrogens with zero attached hydrogens (tertiary/aromatic N) is 1. The van der Waals surface area contributed by atoms with Gasteiger partial charge in [-0.3, -0.25) is 14.5 Å². The summed E-state index contributed by atoms with van der Waals surface area (Å²) in [6.45, 7) is 4.55. The number of hydrogen-bond acceptors (Lipinski definition) is 6. The Morgan fingerprint density at radius 2 is 1.78 bits per heavy atom. The highest BCUT2D eigenvalue weighted by molar-refractivity contribution is 5.81. The van der Waals surface area contributed by atoms with Crippen LogP contribution in [0.2, 0.25) is 0 Å². The van der Waals surface area contributed by atoms with Crippen LogP contribution in [0.3, 0.4) is 0 Å². The lowest BCUT2D eigenvalue weighted by Gasteiger charge is -2.29. The van der Waals surface area contributed by atoms with E-state index in [0.29, 0.717) is 51.2 Å². The molecule has 0 radical (unpaired) electrons. The molecule has 7 nitrogen and oxygen atoms in total. The summed E-state index contributed by atoms with van der Waals surface area (Å²) in [5.74, 6) is 1.25. The molecule has 2 aliphatic rings. The van der Waals surface area contributed by atoms with Gasteiger partial charge in [0.1, 0.15) is 17.6 Å². The molecule has 1 aliphatic carbocycles. The molecule has 7 heteroatoms. The average Bonchev–Trinajstić information content (AvgIpc) is 3.31. The zero-order chi connectivity index (χ0) is 25.8. The van der Waals surface area contributed by atoms with Crippen molar-refractivity contribution in [3.8, 4) is 5.75 Å². The molecular formula is C29H46N2O5. The van der Waals surface area contributed by atoms with Gasteiger partial charge in [0.2, 0.25) is 5.91 Å². The van der Waals surface area contributed by atoms with Gasteiger partial charge in [0.05, 0.1) is 18.8 Å². The Morgan fingerprint density at radius 1 is 1.06 bits per heavy atom. The van der Waals surface area contributed by atoms with Gasteiger partial charge in [-0.05, 0) is 56.2 Å². The van der Waals surface area contributed by atoms with Crippen molar-refractivity contribution in [2.24, 2.45) is 5.92 Å². The van der Waals surface area contributed by atoms with Gasteiger partial charge in [-0.15, -0.1) is 0 Å². The van der Waals surface area contributed by atoms with E-state index in [1.54, 1.807) is 0 Å². The molecule has 1 saturated heterocycles. The first-order valence-corrected chi connectivity index (χ1v) is 14.1. The number of rotatable bonds is 15. The van der Waals surface area contributed by atoms with Crippen LogP contribution in [0.5, 0.6) is 5.75 Å². The molecule has 1 heterocycles. The van der Waals surface area contributed by atoms with Gasteiger partial charge in [0.15, 0.2) is 0 Å². The van der Waals surface area contributed by atoms with E-state index in [2.05, 4.69) is 17.1 Å². The molecule has 0 spiro atoms. The van der Waals surface area contributed by atoms with Crippen molar-refractivity contribution in [3.63, 3.8) is 0 Å². The normalized spacial score (nSPS) is 20.7. The average molecular weight is 503 g/mol. The third-order valence-electron chi connectivity index (χ3n) is 7.56. The molecule has 2 fully saturated rings. The van der Waals surface area contributed by atoms with E-state index in [4.69, 9.17) is 4.74 Å². The number of hydrogen-bond donors (Lipinski definition) is 3. The Labute approximate surface area is 216 Å². The maximum Gasteiger partial charge on any atom is 0.220 e. The van der Waals surface area contributed by atoms with E-state index in [1.165, 1.54) is 6.42 Å². The number of aliphatic hydroxyl groups excluding tert-OH is 2. The van der Waals surface area contributed by atoms with Crippen molar-refractivity contribution >= 4 is 11.7 Å². The number of ketones is 1. The Bertz CT molecular complexity index is 793. The number of likely N-dealkylation sites (tertiary alicyclic amines) is 1. The molecule has 1 saturated carbocycles. The molecular weight excluding hydrogens is 456 g/mol. The fourth-order valence-corrected chi connectivity index (χ4v) is 5.30. The highest BCUT2D eigenvalue weighted by Crippen LogP contribution is 2.26. The van der Waals surface area contributed by atoms with Crippen molar-refractivity contribution in [2.75, 3.05) is 26.2 Å². The van der Waals surface area contributed by atoms with Crippen LogP contribution in [0, 0.1) is 5.92 Å². The molecule has 1 aliphatic heterocycles. The quantitative estimate of drug-likeness (QED) is 0.312. The number of carbonyl (C=O) groups is 2. The molecule has 202 valence electrons. The van der Waals surface area contributed by atoms with E-state index in [-0.39, 0.29) is 17.9 Å². The Balaban J connectivity index is 1.50. The van der Waals surface area contributed by atoms with E-state index in [9.17, 15) is 19.8 Å². The zero-order valence-corrected chi connectivity index (χ0v) is 22.0. The van der Waals surface area contributed by atoms with Crippen LogP contribution < -0.4 is 10.1 Å². The summed E-state index contributed by atoms with van der Waals surface area (Å²) in [5, 5.41) is 24.1. The van der Waals surface area contributed by atoms with Crippen molar-refractivity contribution in [1.82, 2.24) is 10.2 Å². The second-order valence-corrected chi connectivity index (χ2v) is 10.6. The van der Waals surface area contributed by atoms with E-state index >= 15 is 0 Å². The Morgan fingerprint density at radius 3 is 2.44 bits per heavy atom. The Hall–Kier alpha value is -1.96. The number of β-amino-alcohol motifs (C(OH)–C–C–N with tert-alkyl or cyclic N) is 1. The summed E-state index contributed by atoms with van der Waals surface area (Å²) in [6, 6.07) is 6.92. The number of benzene rings is 1. The minimum atomic E-state index is -0.871. The number of aliphatic hydroxyl groups is 2. The first kappa shape index (κ1) is 28.6. The largest absolute Gasteiger partial charge is 0.494 e. The van der Waals surface area contributed by atoms with Gasteiger partial charge in [-0.2, -0.15) is 0 Å². The highest BCUT2D eigenvalue weighted by Gasteiger charge is 2.29. The number of amides is 1. The van der Waals surface area contributed by atoms with Crippen LogP contribution in [-0.2, 0) is 9.59 Å². The Kier molecular flexibility index (Phi) is 12.2. The molecule has 3 rings (SSSR count). The fourth-order valence-electron chi connectivity index (χ4n) is 5.30. The monoisotopic (exact) mass is 502 g/mol. The maximum absolute atomic E-state index is 12.8. The third kappa shape index (κ3) is 9.49. The van der Waals surface area contributed by atoms with Gasteiger partial charge >= 0.3 is 0 Å². The van der Waals surface area contributed by atoms with Crippen LogP contribution in [0.15, 0.2) is 24.3 Å². The molecule has 1 aromatic carbocycles. The fraction of sp³-hybridized carbons (Fsp3) is 0.724. The van der Waals surface area contributed by atoms with Gasteiger partial charge in [0, 0.05) is 38.4 Å². The molecule has 36 heavy (non-hydrogen) atoms. The number of carbonyl (C=O) groups excluding carboxylic acids is 2. The second-order valence-electron chi connectivity index (χ2n) is 10.6. The molecule has 1 aromatic rings. The SMILES string of the molecule is CCCCOc1ccc([C@@H](O)[C@@H](CN2CC[C@H](O)C2)NC(=O)CCCCC(=O)C2CCCCC2)cc1. The smallest absolute Gasteiger partial charge is 0.220 e. The van der Waals surface area contributed by atoms with Crippen molar-refractivity contribution < 1.29 is 24.5 Å². The lowest BCUT2D eigenvalue weighted by molar-refractivity contribution is -0.125. The number of nitrogens with one attached hydrogen (secondary N) is 1. The van der Waals surface area contributed by atoms with Crippen molar-refractivity contribution in [2.45, 2.75) is 102 Å². The topological polar surface area (TPSA) is 99.1 Å². The van der Waals surface area contributed by atoms with Crippen LogP contribution in [-0.4, -0.2) is 65.2 Å². The van der Waals surface area contributed by atoms with Gasteiger partial charge in [-0.1, -0.05) is 44.7 Å². The summed E-state index contributed by atoms with van der Waals surface area (Å²) in [7, 11) is 0. The highest BCUT2D eigenvalue weighted by atomic mass is 16.5. The molecule has 1 amide bonds. The summed E-state index contributed by atoms with van der Waals surface area (Å²) < 4.78 is 5.72. The summed E-state index contributed by atoms with van der Waals surface area (Å²) >= 11 is 0. The minimum absolute atomic E-state index is 0.108. The van der Waals surface area contributed by atoms with E-state index < -0.39 is 12.1 Å². The number of Topliss-reactive ketones (excluding diaryl/α,β-unsaturated/α-hetero) is 1. The predicted molar refractivity (Wildman–Crippen MR) is 141 cm³/mol. The molecule has 0 unspecified atom stereocenters. The van der Waals surface area contributed by atoms with Crippen LogP contribution in [0.4, 0.5) is 0 Å². The first-order valence-electron chi connectivity index (χ1n) is 14.1. The number of ether oxygens (including phenoxy) is 1. The van der Waals surface area contributed by atoms with Crippen LogP contribution in [0.25, 0.3) is 0 Å². The first-order chi connectivity index (χ1) is 17.5. The van der Waals surface area contributed by atoms with Crippen LogP contribution >= 0.6 is 0 Å². The number of unbranched alkanes of at least 4 members (excludes halogenated alkanes) is 2. The van der Waals surface area contributed by atoms with E-state index in [1.807, 2.05) is 24.3 Å². The molecule has 3 atom stereocenters. The predicted octanol–water partition coefficient (Wildman–Crippen LogP) is 4.16. The maximum atomic E-state index is 12.8. The molecule has 0 aromatic heterocycles. The van der Waals surface area contributed by atoms with Gasteiger partial charge < -0.3 is 20.3 Å². The summed E-state index contributed by atoms with van der Waals surface area (Å²) in [4.78, 5) is 27.3. The lowest BCUT2D eigenvalue weighted by atomic mass is 9.84. The molecule has 0 bridgehead atoms. The second kappa shape index (κ2) is 15.3.